The van der Waals surface area contributed by atoms with Crippen LogP contribution in [0.25, 0.3) is 0 Å². The van der Waals surface area contributed by atoms with Crippen LogP contribution in [0.4, 0.5) is 11.5 Å². The van der Waals surface area contributed by atoms with Gasteiger partial charge in [-0.15, -0.1) is 0 Å². The Morgan fingerprint density at radius 3 is 2.68 bits per heavy atom. The van der Waals surface area contributed by atoms with E-state index in [1.54, 1.807) is 6.07 Å². The second-order valence-electron chi connectivity index (χ2n) is 4.19. The molecule has 0 saturated heterocycles. The standard InChI is InChI=1S/C14H13BrN4/c1-9(10-2-4-12(15)5-3-10)19-14-11(7-16)6-13(17)8-18-14/h2-6,8-9H,17H2,1H3,(H,18,19). The van der Waals surface area contributed by atoms with Crippen LogP contribution in [0.15, 0.2) is 41.0 Å². The molecule has 1 unspecified atom stereocenters. The van der Waals surface area contributed by atoms with Crippen LogP contribution < -0.4 is 11.1 Å². The molecular formula is C14H13BrN4. The average molecular weight is 317 g/mol. The number of nitrogens with two attached hydrogens (primary N) is 1. The number of rotatable bonds is 3. The van der Waals surface area contributed by atoms with Crippen molar-refractivity contribution >= 4 is 27.4 Å². The molecule has 96 valence electrons. The van der Waals surface area contributed by atoms with Crippen molar-refractivity contribution in [3.8, 4) is 6.07 Å². The number of nitrogens with one attached hydrogen (secondary N) is 1. The van der Waals surface area contributed by atoms with E-state index < -0.39 is 0 Å². The molecule has 4 nitrogen and oxygen atoms in total. The molecule has 0 aliphatic heterocycles. The Bertz CT molecular complexity index is 616. The second-order valence-corrected chi connectivity index (χ2v) is 5.11. The third-order valence-corrected chi connectivity index (χ3v) is 3.28. The SMILES string of the molecule is CC(Nc1ncc(N)cc1C#N)c1ccc(Br)cc1. The molecule has 3 N–H and O–H groups in total. The lowest BCUT2D eigenvalue weighted by Crippen LogP contribution is -2.09. The summed E-state index contributed by atoms with van der Waals surface area (Å²) >= 11 is 3.40. The number of aromatic nitrogens is 1. The van der Waals surface area contributed by atoms with Crippen molar-refractivity contribution in [3.63, 3.8) is 0 Å². The Hall–Kier alpha value is -2.06. The minimum absolute atomic E-state index is 0.0522. The molecule has 5 heteroatoms. The molecule has 0 bridgehead atoms. The maximum Gasteiger partial charge on any atom is 0.144 e. The predicted molar refractivity (Wildman–Crippen MR) is 79.5 cm³/mol. The summed E-state index contributed by atoms with van der Waals surface area (Å²) in [6.07, 6.45) is 1.54. The quantitative estimate of drug-likeness (QED) is 0.909. The number of nitriles is 1. The second kappa shape index (κ2) is 5.72. The van der Waals surface area contributed by atoms with Crippen LogP contribution in [0.1, 0.15) is 24.1 Å². The molecule has 0 aliphatic carbocycles. The van der Waals surface area contributed by atoms with Crippen LogP contribution in [0, 0.1) is 11.3 Å². The number of hydrogen-bond acceptors (Lipinski definition) is 4. The molecule has 0 saturated carbocycles. The third-order valence-electron chi connectivity index (χ3n) is 2.75. The molecule has 1 aromatic carbocycles. The largest absolute Gasteiger partial charge is 0.397 e. The molecular weight excluding hydrogens is 304 g/mol. The van der Waals surface area contributed by atoms with E-state index in [1.165, 1.54) is 6.20 Å². The van der Waals surface area contributed by atoms with Gasteiger partial charge in [0.15, 0.2) is 0 Å². The van der Waals surface area contributed by atoms with Gasteiger partial charge in [0.05, 0.1) is 17.4 Å². The monoisotopic (exact) mass is 316 g/mol. The van der Waals surface area contributed by atoms with E-state index in [9.17, 15) is 0 Å². The first-order valence-electron chi connectivity index (χ1n) is 5.78. The van der Waals surface area contributed by atoms with E-state index in [1.807, 2.05) is 31.2 Å². The Morgan fingerprint density at radius 1 is 1.37 bits per heavy atom. The van der Waals surface area contributed by atoms with Gasteiger partial charge in [-0.25, -0.2) is 4.98 Å². The van der Waals surface area contributed by atoms with Crippen LogP contribution in [0.2, 0.25) is 0 Å². The summed E-state index contributed by atoms with van der Waals surface area (Å²) in [5, 5.41) is 12.3. The molecule has 0 radical (unpaired) electrons. The molecule has 1 atom stereocenters. The zero-order valence-corrected chi connectivity index (χ0v) is 12.0. The van der Waals surface area contributed by atoms with E-state index in [2.05, 4.69) is 32.3 Å². The molecule has 2 aromatic rings. The highest BCUT2D eigenvalue weighted by Crippen LogP contribution is 2.22. The lowest BCUT2D eigenvalue weighted by molar-refractivity contribution is 0.873. The highest BCUT2D eigenvalue weighted by molar-refractivity contribution is 9.10. The lowest BCUT2D eigenvalue weighted by atomic mass is 10.1. The number of nitrogens with zero attached hydrogens (tertiary/aromatic N) is 2. The Labute approximate surface area is 120 Å². The Balaban J connectivity index is 2.21. The zero-order valence-electron chi connectivity index (χ0n) is 10.4. The summed E-state index contributed by atoms with van der Waals surface area (Å²) in [5.74, 6) is 0.548. The molecule has 1 heterocycles. The third kappa shape index (κ3) is 3.24. The maximum absolute atomic E-state index is 9.07. The summed E-state index contributed by atoms with van der Waals surface area (Å²) in [4.78, 5) is 4.16. The zero-order chi connectivity index (χ0) is 13.8. The van der Waals surface area contributed by atoms with E-state index in [-0.39, 0.29) is 6.04 Å². The first-order valence-corrected chi connectivity index (χ1v) is 6.57. The fourth-order valence-electron chi connectivity index (χ4n) is 1.72. The van der Waals surface area contributed by atoms with Crippen molar-refractivity contribution in [1.29, 1.82) is 5.26 Å². The van der Waals surface area contributed by atoms with Crippen molar-refractivity contribution in [3.05, 3.63) is 52.1 Å². The van der Waals surface area contributed by atoms with Crippen molar-refractivity contribution in [2.45, 2.75) is 13.0 Å². The van der Waals surface area contributed by atoms with E-state index in [4.69, 9.17) is 11.0 Å². The highest BCUT2D eigenvalue weighted by Gasteiger charge is 2.09. The molecule has 0 fully saturated rings. The van der Waals surface area contributed by atoms with Gasteiger partial charge < -0.3 is 11.1 Å². The predicted octanol–water partition coefficient (Wildman–Crippen LogP) is 3.47. The fourth-order valence-corrected chi connectivity index (χ4v) is 1.99. The minimum Gasteiger partial charge on any atom is -0.397 e. The van der Waals surface area contributed by atoms with Crippen LogP contribution in [0.3, 0.4) is 0 Å². The number of nitrogen functional groups attached to an aromatic ring is 1. The molecule has 19 heavy (non-hydrogen) atoms. The van der Waals surface area contributed by atoms with Gasteiger partial charge in [-0.2, -0.15) is 5.26 Å². The van der Waals surface area contributed by atoms with E-state index in [0.29, 0.717) is 17.1 Å². The number of benzene rings is 1. The molecule has 0 spiro atoms. The molecule has 2 rings (SSSR count). The van der Waals surface area contributed by atoms with Crippen LogP contribution in [-0.4, -0.2) is 4.98 Å². The van der Waals surface area contributed by atoms with Gasteiger partial charge in [0.2, 0.25) is 0 Å². The summed E-state index contributed by atoms with van der Waals surface area (Å²) in [6.45, 7) is 2.02. The number of anilines is 2. The van der Waals surface area contributed by atoms with Gasteiger partial charge in [0, 0.05) is 10.5 Å². The molecule has 0 aliphatic rings. The van der Waals surface area contributed by atoms with Crippen molar-refractivity contribution in [2.24, 2.45) is 0 Å². The Morgan fingerprint density at radius 2 is 2.05 bits per heavy atom. The normalized spacial score (nSPS) is 11.6. The number of pyridine rings is 1. The first-order chi connectivity index (χ1) is 9.10. The van der Waals surface area contributed by atoms with Crippen LogP contribution >= 0.6 is 15.9 Å². The number of halogens is 1. The van der Waals surface area contributed by atoms with Gasteiger partial charge in [-0.1, -0.05) is 28.1 Å². The van der Waals surface area contributed by atoms with Gasteiger partial charge in [0.25, 0.3) is 0 Å². The molecule has 1 aromatic heterocycles. The summed E-state index contributed by atoms with van der Waals surface area (Å²) in [7, 11) is 0. The van der Waals surface area contributed by atoms with Gasteiger partial charge >= 0.3 is 0 Å². The Kier molecular flexibility index (Phi) is 4.03. The number of hydrogen-bond donors (Lipinski definition) is 2. The summed E-state index contributed by atoms with van der Waals surface area (Å²) < 4.78 is 1.03. The van der Waals surface area contributed by atoms with Crippen molar-refractivity contribution in [2.75, 3.05) is 11.1 Å². The maximum atomic E-state index is 9.07. The molecule has 0 amide bonds. The lowest BCUT2D eigenvalue weighted by Gasteiger charge is -2.16. The van der Waals surface area contributed by atoms with Crippen molar-refractivity contribution < 1.29 is 0 Å². The fraction of sp³-hybridized carbons (Fsp3) is 0.143. The summed E-state index contributed by atoms with van der Waals surface area (Å²) in [6, 6.07) is 11.8. The average Bonchev–Trinajstić information content (AvgIpc) is 2.41. The highest BCUT2D eigenvalue weighted by atomic mass is 79.9. The van der Waals surface area contributed by atoms with Crippen molar-refractivity contribution in [1.82, 2.24) is 4.98 Å². The van der Waals surface area contributed by atoms with Gasteiger partial charge in [-0.05, 0) is 30.7 Å². The van der Waals surface area contributed by atoms with Gasteiger partial charge in [-0.3, -0.25) is 0 Å². The van der Waals surface area contributed by atoms with Gasteiger partial charge in [0.1, 0.15) is 11.9 Å². The first kappa shape index (κ1) is 13.4. The van der Waals surface area contributed by atoms with E-state index >= 15 is 0 Å². The van der Waals surface area contributed by atoms with E-state index in [0.717, 1.165) is 10.0 Å². The minimum atomic E-state index is 0.0522. The van der Waals surface area contributed by atoms with Crippen LogP contribution in [0.5, 0.6) is 0 Å². The summed E-state index contributed by atoms with van der Waals surface area (Å²) in [5.41, 5.74) is 7.66. The smallest absolute Gasteiger partial charge is 0.144 e. The topological polar surface area (TPSA) is 74.7 Å². The van der Waals surface area contributed by atoms with Crippen LogP contribution in [-0.2, 0) is 0 Å².